The van der Waals surface area contributed by atoms with Gasteiger partial charge in [-0.1, -0.05) is 52.7 Å². The van der Waals surface area contributed by atoms with Crippen LogP contribution >= 0.6 is 0 Å². The molecule has 1 N–H and O–H groups in total. The van der Waals surface area contributed by atoms with Crippen LogP contribution in [0.2, 0.25) is 0 Å². The summed E-state index contributed by atoms with van der Waals surface area (Å²) in [5, 5.41) is 7.60. The predicted molar refractivity (Wildman–Crippen MR) is 90.7 cm³/mol. The fourth-order valence-corrected chi connectivity index (χ4v) is 1.73. The van der Waals surface area contributed by atoms with Gasteiger partial charge in [0.1, 0.15) is 5.60 Å². The van der Waals surface area contributed by atoms with Gasteiger partial charge in [-0.15, -0.1) is 0 Å². The van der Waals surface area contributed by atoms with E-state index in [1.807, 2.05) is 20.8 Å². The Kier molecular flexibility index (Phi) is 12.4. The van der Waals surface area contributed by atoms with Gasteiger partial charge in [-0.05, 0) is 33.1 Å². The van der Waals surface area contributed by atoms with Gasteiger partial charge in [0.25, 0.3) is 0 Å². The average molecular weight is 312 g/mol. The van der Waals surface area contributed by atoms with E-state index in [0.717, 1.165) is 18.9 Å². The lowest BCUT2D eigenvalue weighted by Crippen LogP contribution is -2.25. The van der Waals surface area contributed by atoms with Gasteiger partial charge in [-0.2, -0.15) is 0 Å². The van der Waals surface area contributed by atoms with Crippen LogP contribution in [0.1, 0.15) is 66.7 Å². The standard InChI is InChI=1S/C15H28O2.C3H4O2/c1-7-9-10-13(8-2)11-12(3)14(16)17-15(4,5)6;1-2-3(4)5/h13H,3,7-11H2,1-2,4-6H3;2H,1H2,(H,4,5). The Hall–Kier alpha value is -1.58. The molecule has 0 fully saturated rings. The summed E-state index contributed by atoms with van der Waals surface area (Å²) in [4.78, 5) is 21.0. The summed E-state index contributed by atoms with van der Waals surface area (Å²) in [6.45, 7) is 16.8. The molecular weight excluding hydrogens is 280 g/mol. The monoisotopic (exact) mass is 312 g/mol. The normalized spacial score (nSPS) is 11.7. The topological polar surface area (TPSA) is 63.6 Å². The molecule has 0 aliphatic rings. The molecule has 4 heteroatoms. The van der Waals surface area contributed by atoms with Gasteiger partial charge < -0.3 is 9.84 Å². The minimum absolute atomic E-state index is 0.243. The van der Waals surface area contributed by atoms with Gasteiger partial charge in [-0.25, -0.2) is 9.59 Å². The summed E-state index contributed by atoms with van der Waals surface area (Å²) < 4.78 is 5.31. The molecule has 1 unspecified atom stereocenters. The Morgan fingerprint density at radius 3 is 2.09 bits per heavy atom. The molecule has 0 aromatic carbocycles. The van der Waals surface area contributed by atoms with Gasteiger partial charge in [0.15, 0.2) is 0 Å². The number of hydrogen-bond donors (Lipinski definition) is 1. The number of carboxylic acid groups (broad SMARTS) is 1. The molecule has 0 aromatic heterocycles. The van der Waals surface area contributed by atoms with E-state index in [4.69, 9.17) is 9.84 Å². The molecule has 0 aromatic rings. The van der Waals surface area contributed by atoms with E-state index in [-0.39, 0.29) is 5.97 Å². The third kappa shape index (κ3) is 14.8. The zero-order valence-corrected chi connectivity index (χ0v) is 14.8. The van der Waals surface area contributed by atoms with Crippen molar-refractivity contribution in [3.05, 3.63) is 24.8 Å². The van der Waals surface area contributed by atoms with Crippen molar-refractivity contribution in [1.29, 1.82) is 0 Å². The first-order chi connectivity index (χ1) is 10.1. The lowest BCUT2D eigenvalue weighted by molar-refractivity contribution is -0.150. The maximum Gasteiger partial charge on any atom is 0.333 e. The largest absolute Gasteiger partial charge is 0.478 e. The lowest BCUT2D eigenvalue weighted by atomic mass is 9.92. The van der Waals surface area contributed by atoms with Crippen molar-refractivity contribution in [3.63, 3.8) is 0 Å². The maximum absolute atomic E-state index is 11.8. The van der Waals surface area contributed by atoms with E-state index in [9.17, 15) is 9.59 Å². The van der Waals surface area contributed by atoms with Crippen LogP contribution in [0, 0.1) is 5.92 Å². The zero-order chi connectivity index (χ0) is 17.8. The van der Waals surface area contributed by atoms with Crippen LogP contribution in [0.5, 0.6) is 0 Å². The van der Waals surface area contributed by atoms with Crippen LogP contribution < -0.4 is 0 Å². The highest BCUT2D eigenvalue weighted by Gasteiger charge is 2.20. The smallest absolute Gasteiger partial charge is 0.333 e. The molecule has 0 saturated carbocycles. The van der Waals surface area contributed by atoms with Crippen molar-refractivity contribution >= 4 is 11.9 Å². The summed E-state index contributed by atoms with van der Waals surface area (Å²) in [7, 11) is 0. The number of carbonyl (C=O) groups is 2. The summed E-state index contributed by atoms with van der Waals surface area (Å²) >= 11 is 0. The van der Waals surface area contributed by atoms with Crippen molar-refractivity contribution in [2.24, 2.45) is 5.92 Å². The highest BCUT2D eigenvalue weighted by atomic mass is 16.6. The summed E-state index contributed by atoms with van der Waals surface area (Å²) in [6.07, 6.45) is 6.30. The number of esters is 1. The molecule has 0 aliphatic carbocycles. The molecule has 0 heterocycles. The van der Waals surface area contributed by atoms with Crippen molar-refractivity contribution in [2.75, 3.05) is 0 Å². The molecular formula is C18H32O4. The first-order valence-corrected chi connectivity index (χ1v) is 7.83. The van der Waals surface area contributed by atoms with Crippen molar-refractivity contribution in [1.82, 2.24) is 0 Å². The first kappa shape index (κ1) is 22.7. The first-order valence-electron chi connectivity index (χ1n) is 7.83. The molecule has 0 radical (unpaired) electrons. The average Bonchev–Trinajstić information content (AvgIpc) is 2.41. The highest BCUT2D eigenvalue weighted by Crippen LogP contribution is 2.22. The fraction of sp³-hybridized carbons (Fsp3) is 0.667. The SMILES string of the molecule is C=C(CC(CC)CCCC)C(=O)OC(C)(C)C.C=CC(=O)O. The van der Waals surface area contributed by atoms with Crippen LogP contribution in [0.3, 0.4) is 0 Å². The summed E-state index contributed by atoms with van der Waals surface area (Å²) in [5.41, 5.74) is 0.188. The predicted octanol–water partition coefficient (Wildman–Crippen LogP) is 4.75. The van der Waals surface area contributed by atoms with E-state index in [0.29, 0.717) is 11.5 Å². The Morgan fingerprint density at radius 1 is 1.27 bits per heavy atom. The molecule has 0 spiro atoms. The third-order valence-corrected chi connectivity index (χ3v) is 2.94. The number of hydrogen-bond acceptors (Lipinski definition) is 3. The zero-order valence-electron chi connectivity index (χ0n) is 14.8. The molecule has 1 atom stereocenters. The third-order valence-electron chi connectivity index (χ3n) is 2.94. The number of rotatable bonds is 8. The van der Waals surface area contributed by atoms with Gasteiger partial charge >= 0.3 is 11.9 Å². The van der Waals surface area contributed by atoms with Crippen molar-refractivity contribution in [3.8, 4) is 0 Å². The summed E-state index contributed by atoms with van der Waals surface area (Å²) in [5.74, 6) is -0.660. The quantitative estimate of drug-likeness (QED) is 0.519. The molecule has 0 bridgehead atoms. The molecule has 0 aliphatic heterocycles. The van der Waals surface area contributed by atoms with Gasteiger partial charge in [0.2, 0.25) is 0 Å². The van der Waals surface area contributed by atoms with Crippen LogP contribution in [-0.4, -0.2) is 22.6 Å². The number of carboxylic acids is 1. The molecule has 128 valence electrons. The Balaban J connectivity index is 0. The van der Waals surface area contributed by atoms with Crippen molar-refractivity contribution < 1.29 is 19.4 Å². The molecule has 0 saturated heterocycles. The minimum Gasteiger partial charge on any atom is -0.478 e. The number of carbonyl (C=O) groups excluding carboxylic acids is 1. The van der Waals surface area contributed by atoms with E-state index in [1.165, 1.54) is 19.3 Å². The van der Waals surface area contributed by atoms with Gasteiger partial charge in [0, 0.05) is 11.6 Å². The van der Waals surface area contributed by atoms with Crippen molar-refractivity contribution in [2.45, 2.75) is 72.3 Å². The molecule has 22 heavy (non-hydrogen) atoms. The fourth-order valence-electron chi connectivity index (χ4n) is 1.73. The number of aliphatic carboxylic acids is 1. The Labute approximate surface area is 135 Å². The second kappa shape index (κ2) is 12.0. The molecule has 0 rings (SSSR count). The van der Waals surface area contributed by atoms with E-state index in [1.54, 1.807) is 0 Å². The lowest BCUT2D eigenvalue weighted by Gasteiger charge is -2.22. The van der Waals surface area contributed by atoms with E-state index < -0.39 is 11.6 Å². The number of ether oxygens (including phenoxy) is 1. The van der Waals surface area contributed by atoms with E-state index in [2.05, 4.69) is 27.0 Å². The Morgan fingerprint density at radius 2 is 1.77 bits per heavy atom. The Bertz CT molecular complexity index is 364. The molecule has 4 nitrogen and oxygen atoms in total. The maximum atomic E-state index is 11.8. The van der Waals surface area contributed by atoms with Crippen LogP contribution in [0.15, 0.2) is 24.8 Å². The van der Waals surface area contributed by atoms with Crippen LogP contribution in [0.4, 0.5) is 0 Å². The second-order valence-electron chi connectivity index (χ2n) is 6.27. The van der Waals surface area contributed by atoms with Gasteiger partial charge in [0.05, 0.1) is 0 Å². The minimum atomic E-state index is -0.981. The van der Waals surface area contributed by atoms with Crippen LogP contribution in [-0.2, 0) is 14.3 Å². The second-order valence-corrected chi connectivity index (χ2v) is 6.27. The van der Waals surface area contributed by atoms with Crippen LogP contribution in [0.25, 0.3) is 0 Å². The molecule has 0 amide bonds. The highest BCUT2D eigenvalue weighted by molar-refractivity contribution is 5.88. The van der Waals surface area contributed by atoms with Gasteiger partial charge in [-0.3, -0.25) is 0 Å². The number of unbranched alkanes of at least 4 members (excludes halogenated alkanes) is 1. The van der Waals surface area contributed by atoms with E-state index >= 15 is 0 Å². The summed E-state index contributed by atoms with van der Waals surface area (Å²) in [6, 6.07) is 0.